The molecular formula is C24H21O6P3. The summed E-state index contributed by atoms with van der Waals surface area (Å²) in [6.07, 6.45) is 0. The number of rotatable bonds is 8. The minimum atomic E-state index is -5.12. The van der Waals surface area contributed by atoms with E-state index >= 15 is 0 Å². The number of hydrogen-bond acceptors (Lipinski definition) is 5. The summed E-state index contributed by atoms with van der Waals surface area (Å²) in [4.78, 5) is 10.8. The third-order valence-electron chi connectivity index (χ3n) is 4.82. The van der Waals surface area contributed by atoms with E-state index in [0.717, 1.165) is 0 Å². The van der Waals surface area contributed by atoms with E-state index in [0.29, 0.717) is 0 Å². The zero-order valence-electron chi connectivity index (χ0n) is 17.4. The molecule has 0 atom stereocenters. The molecule has 0 aliphatic heterocycles. The third kappa shape index (κ3) is 5.18. The van der Waals surface area contributed by atoms with Gasteiger partial charge in [-0.2, -0.15) is 0 Å². The van der Waals surface area contributed by atoms with Crippen LogP contribution in [0.5, 0.6) is 0 Å². The predicted octanol–water partition coefficient (Wildman–Crippen LogP) is 4.98. The van der Waals surface area contributed by atoms with Crippen LogP contribution in [-0.2, 0) is 22.3 Å². The molecule has 4 rings (SSSR count). The van der Waals surface area contributed by atoms with Gasteiger partial charge < -0.3 is 4.89 Å². The topological polar surface area (TPSA) is 89.9 Å². The average molecular weight is 498 g/mol. The van der Waals surface area contributed by atoms with Crippen LogP contribution in [0.1, 0.15) is 0 Å². The normalized spacial score (nSPS) is 12.4. The Kier molecular flexibility index (Phi) is 6.97. The zero-order chi connectivity index (χ0) is 23.4. The molecule has 0 heterocycles. The Labute approximate surface area is 192 Å². The molecule has 0 saturated heterocycles. The van der Waals surface area contributed by atoms with Crippen LogP contribution in [-0.4, -0.2) is 4.89 Å². The average Bonchev–Trinajstić information content (AvgIpc) is 2.85. The third-order valence-corrected chi connectivity index (χ3v) is 12.2. The Morgan fingerprint density at radius 3 is 0.848 bits per heavy atom. The van der Waals surface area contributed by atoms with Gasteiger partial charge in [0.05, 0.1) is 0 Å². The van der Waals surface area contributed by atoms with Crippen molar-refractivity contribution in [3.8, 4) is 0 Å². The Bertz CT molecular complexity index is 1160. The highest BCUT2D eigenvalue weighted by Crippen LogP contribution is 2.68. The van der Waals surface area contributed by atoms with Gasteiger partial charge in [0.25, 0.3) is 14.7 Å². The quantitative estimate of drug-likeness (QED) is 0.345. The lowest BCUT2D eigenvalue weighted by Crippen LogP contribution is -2.20. The summed E-state index contributed by atoms with van der Waals surface area (Å²) in [6.45, 7) is 0. The summed E-state index contributed by atoms with van der Waals surface area (Å²) in [5.41, 5.74) is 0. The Hall–Kier alpha value is -2.55. The van der Waals surface area contributed by atoms with Crippen LogP contribution in [0.15, 0.2) is 121 Å². The van der Waals surface area contributed by atoms with Crippen LogP contribution in [0.3, 0.4) is 0 Å². The Morgan fingerprint density at radius 2 is 0.636 bits per heavy atom. The molecule has 168 valence electrons. The predicted molar refractivity (Wildman–Crippen MR) is 132 cm³/mol. The Morgan fingerprint density at radius 1 is 0.424 bits per heavy atom. The first-order valence-electron chi connectivity index (χ1n) is 10.0. The molecule has 0 bridgehead atoms. The molecule has 33 heavy (non-hydrogen) atoms. The lowest BCUT2D eigenvalue weighted by molar-refractivity contribution is 0.299. The maximum Gasteiger partial charge on any atom is 0.484 e. The van der Waals surface area contributed by atoms with Crippen LogP contribution in [0.2, 0.25) is 0 Å². The van der Waals surface area contributed by atoms with Gasteiger partial charge in [-0.05, 0) is 48.5 Å². The smallest absolute Gasteiger partial charge is 0.302 e. The monoisotopic (exact) mass is 498 g/mol. The summed E-state index contributed by atoms with van der Waals surface area (Å²) < 4.78 is 52.3. The molecule has 0 aliphatic carbocycles. The fourth-order valence-corrected chi connectivity index (χ4v) is 10.4. The summed E-state index contributed by atoms with van der Waals surface area (Å²) in [7, 11) is -13.3. The van der Waals surface area contributed by atoms with Gasteiger partial charge in [0.1, 0.15) is 0 Å². The molecule has 0 aliphatic rings. The van der Waals surface area contributed by atoms with Gasteiger partial charge >= 0.3 is 7.82 Å². The van der Waals surface area contributed by atoms with E-state index in [-0.39, 0.29) is 21.2 Å². The van der Waals surface area contributed by atoms with Gasteiger partial charge in [0, 0.05) is 21.2 Å². The maximum absolute atomic E-state index is 14.1. The van der Waals surface area contributed by atoms with Crippen molar-refractivity contribution in [2.24, 2.45) is 0 Å². The van der Waals surface area contributed by atoms with Crippen LogP contribution in [0.25, 0.3) is 0 Å². The largest absolute Gasteiger partial charge is 0.484 e. The molecule has 0 fully saturated rings. The van der Waals surface area contributed by atoms with Gasteiger partial charge in [0.15, 0.2) is 0 Å². The molecule has 6 nitrogen and oxygen atoms in total. The van der Waals surface area contributed by atoms with E-state index in [1.165, 1.54) is 0 Å². The van der Waals surface area contributed by atoms with Crippen molar-refractivity contribution in [3.63, 3.8) is 0 Å². The van der Waals surface area contributed by atoms with Crippen molar-refractivity contribution in [2.75, 3.05) is 0 Å². The fraction of sp³-hybridized carbons (Fsp3) is 0. The molecule has 0 spiro atoms. The molecule has 4 aromatic rings. The van der Waals surface area contributed by atoms with E-state index in [1.807, 2.05) is 0 Å². The van der Waals surface area contributed by atoms with Gasteiger partial charge in [-0.25, -0.2) is 13.2 Å². The van der Waals surface area contributed by atoms with E-state index in [1.54, 1.807) is 121 Å². The summed E-state index contributed by atoms with van der Waals surface area (Å²) >= 11 is 0. The summed E-state index contributed by atoms with van der Waals surface area (Å²) in [5.74, 6) is 0. The second-order valence-corrected chi connectivity index (χ2v) is 13.6. The molecule has 0 amide bonds. The fourth-order valence-electron chi connectivity index (χ4n) is 3.29. The molecule has 0 aromatic heterocycles. The molecule has 0 radical (unpaired) electrons. The molecule has 0 unspecified atom stereocenters. The summed E-state index contributed by atoms with van der Waals surface area (Å²) in [6, 6.07) is 32.5. The van der Waals surface area contributed by atoms with Crippen molar-refractivity contribution in [3.05, 3.63) is 121 Å². The van der Waals surface area contributed by atoms with Crippen LogP contribution in [0.4, 0.5) is 0 Å². The second-order valence-electron chi connectivity index (χ2n) is 7.08. The first-order valence-corrected chi connectivity index (χ1v) is 14.8. The summed E-state index contributed by atoms with van der Waals surface area (Å²) in [5, 5.41) is 0.846. The maximum atomic E-state index is 14.1. The Balaban J connectivity index is 1.78. The standard InChI is InChI=1S/C24H21O6P3/c25-31(21-13-5-1-6-14-21,22-15-7-2-8-16-22)29-33(27,28)30-32(26,23-17-9-3-10-18-23)24-19-11-4-12-20-24/h1-20H,(H,27,28). The van der Waals surface area contributed by atoms with Crippen molar-refractivity contribution in [1.82, 2.24) is 0 Å². The highest BCUT2D eigenvalue weighted by Gasteiger charge is 2.44. The van der Waals surface area contributed by atoms with Crippen molar-refractivity contribution in [1.29, 1.82) is 0 Å². The highest BCUT2D eigenvalue weighted by molar-refractivity contribution is 7.83. The van der Waals surface area contributed by atoms with Crippen LogP contribution >= 0.6 is 22.6 Å². The molecule has 1 N–H and O–H groups in total. The molecule has 4 aromatic carbocycles. The first kappa shape index (κ1) is 23.6. The lowest BCUT2D eigenvalue weighted by Gasteiger charge is -2.25. The van der Waals surface area contributed by atoms with Crippen molar-refractivity contribution in [2.45, 2.75) is 0 Å². The highest BCUT2D eigenvalue weighted by atomic mass is 31.3. The SMILES string of the molecule is O=P(O)(OP(=O)(c1ccccc1)c1ccccc1)OP(=O)(c1ccccc1)c1ccccc1. The van der Waals surface area contributed by atoms with E-state index < -0.39 is 22.6 Å². The number of benzene rings is 4. The minimum absolute atomic E-state index is 0.211. The van der Waals surface area contributed by atoms with E-state index in [4.69, 9.17) is 8.62 Å². The molecular weight excluding hydrogens is 477 g/mol. The van der Waals surface area contributed by atoms with Gasteiger partial charge in [0.2, 0.25) is 0 Å². The second kappa shape index (κ2) is 9.75. The van der Waals surface area contributed by atoms with Crippen molar-refractivity contribution >= 4 is 43.8 Å². The zero-order valence-corrected chi connectivity index (χ0v) is 20.1. The van der Waals surface area contributed by atoms with Crippen LogP contribution < -0.4 is 21.2 Å². The minimum Gasteiger partial charge on any atom is -0.302 e. The molecule has 9 heteroatoms. The van der Waals surface area contributed by atoms with E-state index in [9.17, 15) is 18.6 Å². The van der Waals surface area contributed by atoms with Crippen molar-refractivity contribution < 1.29 is 27.2 Å². The number of hydrogen-bond donors (Lipinski definition) is 1. The van der Waals surface area contributed by atoms with Gasteiger partial charge in [-0.15, -0.1) is 0 Å². The van der Waals surface area contributed by atoms with Crippen LogP contribution in [0, 0.1) is 0 Å². The first-order chi connectivity index (χ1) is 15.8. The van der Waals surface area contributed by atoms with Gasteiger partial charge in [-0.3, -0.25) is 9.13 Å². The number of phosphoric acid groups is 1. The van der Waals surface area contributed by atoms with Gasteiger partial charge in [-0.1, -0.05) is 72.8 Å². The molecule has 0 saturated carbocycles. The van der Waals surface area contributed by atoms with E-state index in [2.05, 4.69) is 0 Å². The lowest BCUT2D eigenvalue weighted by atomic mass is 10.4.